The summed E-state index contributed by atoms with van der Waals surface area (Å²) in [6.07, 6.45) is 3.66. The van der Waals surface area contributed by atoms with Gasteiger partial charge in [0.1, 0.15) is 5.01 Å². The molecule has 0 saturated heterocycles. The maximum atomic E-state index is 12.1. The van der Waals surface area contributed by atoms with E-state index in [1.807, 2.05) is 17.5 Å². The third-order valence-electron chi connectivity index (χ3n) is 3.38. The van der Waals surface area contributed by atoms with Crippen molar-refractivity contribution in [2.75, 3.05) is 5.32 Å². The van der Waals surface area contributed by atoms with Gasteiger partial charge in [0.05, 0.1) is 12.1 Å². The van der Waals surface area contributed by atoms with E-state index in [0.717, 1.165) is 16.3 Å². The summed E-state index contributed by atoms with van der Waals surface area (Å²) in [4.78, 5) is 31.9. The Morgan fingerprint density at radius 2 is 1.96 bits per heavy atom. The van der Waals surface area contributed by atoms with Gasteiger partial charge in [-0.05, 0) is 43.3 Å². The Balaban J connectivity index is 1.63. The number of nitrogens with zero attached hydrogens (tertiary/aromatic N) is 2. The third kappa shape index (κ3) is 3.91. The van der Waals surface area contributed by atoms with Gasteiger partial charge in [-0.3, -0.25) is 14.6 Å². The summed E-state index contributed by atoms with van der Waals surface area (Å²) >= 11 is 1.49. The number of ketones is 1. The van der Waals surface area contributed by atoms with Crippen molar-refractivity contribution in [2.24, 2.45) is 0 Å². The molecule has 120 valence electrons. The number of benzene rings is 1. The van der Waals surface area contributed by atoms with Crippen LogP contribution in [0.5, 0.6) is 0 Å². The molecule has 0 aliphatic rings. The third-order valence-corrected chi connectivity index (χ3v) is 4.32. The van der Waals surface area contributed by atoms with E-state index >= 15 is 0 Å². The molecule has 0 radical (unpaired) electrons. The van der Waals surface area contributed by atoms with Crippen molar-refractivity contribution in [3.63, 3.8) is 0 Å². The lowest BCUT2D eigenvalue weighted by atomic mass is 10.1. The molecule has 1 aromatic carbocycles. The van der Waals surface area contributed by atoms with Crippen molar-refractivity contribution in [1.82, 2.24) is 9.97 Å². The number of hydrogen-bond donors (Lipinski definition) is 1. The van der Waals surface area contributed by atoms with E-state index in [0.29, 0.717) is 11.3 Å². The summed E-state index contributed by atoms with van der Waals surface area (Å²) < 4.78 is 0. The van der Waals surface area contributed by atoms with Crippen LogP contribution in [0.15, 0.2) is 54.2 Å². The standard InChI is InChI=1S/C18H15N3O2S/c1-12(22)13-4-6-15(7-5-13)20-17(23)9-16-11-24-18(21-16)14-3-2-8-19-10-14/h2-8,10-11H,9H2,1H3,(H,20,23). The van der Waals surface area contributed by atoms with Gasteiger partial charge in [0.25, 0.3) is 0 Å². The zero-order chi connectivity index (χ0) is 16.9. The molecule has 0 fully saturated rings. The normalized spacial score (nSPS) is 10.4. The molecule has 1 N–H and O–H groups in total. The van der Waals surface area contributed by atoms with Gasteiger partial charge < -0.3 is 5.32 Å². The van der Waals surface area contributed by atoms with Gasteiger partial charge >= 0.3 is 0 Å². The molecule has 0 atom stereocenters. The van der Waals surface area contributed by atoms with Gasteiger partial charge in [-0.15, -0.1) is 11.3 Å². The van der Waals surface area contributed by atoms with E-state index in [2.05, 4.69) is 15.3 Å². The van der Waals surface area contributed by atoms with Crippen molar-refractivity contribution in [2.45, 2.75) is 13.3 Å². The fourth-order valence-corrected chi connectivity index (χ4v) is 2.98. The summed E-state index contributed by atoms with van der Waals surface area (Å²) in [6.45, 7) is 1.51. The minimum atomic E-state index is -0.145. The maximum Gasteiger partial charge on any atom is 0.230 e. The second-order valence-electron chi connectivity index (χ2n) is 5.24. The molecule has 2 heterocycles. The van der Waals surface area contributed by atoms with Crippen LogP contribution in [0.4, 0.5) is 5.69 Å². The van der Waals surface area contributed by atoms with Crippen LogP contribution in [0.1, 0.15) is 23.0 Å². The largest absolute Gasteiger partial charge is 0.326 e. The average Bonchev–Trinajstić information content (AvgIpc) is 3.04. The molecule has 6 heteroatoms. The summed E-state index contributed by atoms with van der Waals surface area (Å²) in [5.74, 6) is -0.146. The van der Waals surface area contributed by atoms with Crippen LogP contribution in [0.2, 0.25) is 0 Å². The molecular weight excluding hydrogens is 322 g/mol. The number of pyridine rings is 1. The van der Waals surface area contributed by atoms with Gasteiger partial charge in [-0.25, -0.2) is 4.98 Å². The van der Waals surface area contributed by atoms with Gasteiger partial charge in [-0.2, -0.15) is 0 Å². The average molecular weight is 337 g/mol. The van der Waals surface area contributed by atoms with Gasteiger partial charge in [0, 0.05) is 34.6 Å². The number of rotatable bonds is 5. The highest BCUT2D eigenvalue weighted by Crippen LogP contribution is 2.23. The molecule has 0 aliphatic carbocycles. The van der Waals surface area contributed by atoms with Crippen LogP contribution in [0.3, 0.4) is 0 Å². The summed E-state index contributed by atoms with van der Waals surface area (Å²) in [7, 11) is 0. The molecule has 3 aromatic rings. The number of hydrogen-bond acceptors (Lipinski definition) is 5. The second kappa shape index (κ2) is 7.14. The number of carbonyl (C=O) groups excluding carboxylic acids is 2. The lowest BCUT2D eigenvalue weighted by Crippen LogP contribution is -2.14. The van der Waals surface area contributed by atoms with Crippen molar-refractivity contribution in [1.29, 1.82) is 0 Å². The SMILES string of the molecule is CC(=O)c1ccc(NC(=O)Cc2csc(-c3cccnc3)n2)cc1. The molecule has 0 spiro atoms. The minimum absolute atomic E-state index is 0.00159. The first-order chi connectivity index (χ1) is 11.6. The second-order valence-corrected chi connectivity index (χ2v) is 6.10. The predicted molar refractivity (Wildman–Crippen MR) is 94.1 cm³/mol. The Morgan fingerprint density at radius 1 is 1.17 bits per heavy atom. The number of Topliss-reactive ketones (excluding diaryl/α,β-unsaturated/α-hetero) is 1. The molecule has 2 aromatic heterocycles. The lowest BCUT2D eigenvalue weighted by Gasteiger charge is -2.04. The van der Waals surface area contributed by atoms with Crippen LogP contribution in [0.25, 0.3) is 10.6 Å². The Morgan fingerprint density at radius 3 is 2.62 bits per heavy atom. The van der Waals surface area contributed by atoms with Crippen LogP contribution in [-0.4, -0.2) is 21.7 Å². The summed E-state index contributed by atoms with van der Waals surface area (Å²) in [6, 6.07) is 10.6. The lowest BCUT2D eigenvalue weighted by molar-refractivity contribution is -0.115. The summed E-state index contributed by atoms with van der Waals surface area (Å²) in [5, 5.41) is 5.53. The molecule has 1 amide bonds. The first-order valence-corrected chi connectivity index (χ1v) is 8.25. The topological polar surface area (TPSA) is 72.0 Å². The molecule has 0 unspecified atom stereocenters. The highest BCUT2D eigenvalue weighted by molar-refractivity contribution is 7.13. The number of aromatic nitrogens is 2. The van der Waals surface area contributed by atoms with E-state index < -0.39 is 0 Å². The smallest absolute Gasteiger partial charge is 0.230 e. The Labute approximate surface area is 143 Å². The van der Waals surface area contributed by atoms with Gasteiger partial charge in [0.2, 0.25) is 5.91 Å². The molecule has 0 aliphatic heterocycles. The van der Waals surface area contributed by atoms with Crippen LogP contribution in [-0.2, 0) is 11.2 Å². The van der Waals surface area contributed by atoms with Gasteiger partial charge in [0.15, 0.2) is 5.78 Å². The number of carbonyl (C=O) groups is 2. The van der Waals surface area contributed by atoms with Crippen LogP contribution in [0, 0.1) is 0 Å². The Bertz CT molecular complexity index is 857. The molecule has 0 saturated carbocycles. The Hall–Kier alpha value is -2.86. The van der Waals surface area contributed by atoms with E-state index in [-0.39, 0.29) is 18.1 Å². The molecular formula is C18H15N3O2S. The maximum absolute atomic E-state index is 12.1. The zero-order valence-corrected chi connectivity index (χ0v) is 13.8. The monoisotopic (exact) mass is 337 g/mol. The predicted octanol–water partition coefficient (Wildman–Crippen LogP) is 3.59. The van der Waals surface area contributed by atoms with Crippen LogP contribution >= 0.6 is 11.3 Å². The Kier molecular flexibility index (Phi) is 4.77. The van der Waals surface area contributed by atoms with Crippen molar-refractivity contribution < 1.29 is 9.59 Å². The van der Waals surface area contributed by atoms with E-state index in [1.165, 1.54) is 18.3 Å². The van der Waals surface area contributed by atoms with Crippen molar-refractivity contribution >= 4 is 28.7 Å². The first-order valence-electron chi connectivity index (χ1n) is 7.37. The van der Waals surface area contributed by atoms with Gasteiger partial charge in [-0.1, -0.05) is 0 Å². The molecule has 3 rings (SSSR count). The molecule has 5 nitrogen and oxygen atoms in total. The quantitative estimate of drug-likeness (QED) is 0.722. The van der Waals surface area contributed by atoms with E-state index in [1.54, 1.807) is 36.7 Å². The van der Waals surface area contributed by atoms with Crippen LogP contribution < -0.4 is 5.32 Å². The fraction of sp³-hybridized carbons (Fsp3) is 0.111. The van der Waals surface area contributed by atoms with Crippen molar-refractivity contribution in [3.05, 3.63) is 65.4 Å². The van der Waals surface area contributed by atoms with Crippen molar-refractivity contribution in [3.8, 4) is 10.6 Å². The highest BCUT2D eigenvalue weighted by atomic mass is 32.1. The number of nitrogens with one attached hydrogen (secondary N) is 1. The number of thiazole rings is 1. The van der Waals surface area contributed by atoms with E-state index in [4.69, 9.17) is 0 Å². The molecule has 24 heavy (non-hydrogen) atoms. The fourth-order valence-electron chi connectivity index (χ4n) is 2.17. The van der Waals surface area contributed by atoms with E-state index in [9.17, 15) is 9.59 Å². The molecule has 0 bridgehead atoms. The summed E-state index contributed by atoms with van der Waals surface area (Å²) in [5.41, 5.74) is 2.94. The number of amides is 1. The highest BCUT2D eigenvalue weighted by Gasteiger charge is 2.10. The zero-order valence-electron chi connectivity index (χ0n) is 13.0. The number of anilines is 1. The first kappa shape index (κ1) is 16.0. The minimum Gasteiger partial charge on any atom is -0.326 e.